The van der Waals surface area contributed by atoms with E-state index in [-0.39, 0.29) is 12.2 Å². The Hall–Kier alpha value is -2.24. The highest BCUT2D eigenvalue weighted by molar-refractivity contribution is 5.68. The number of ether oxygens (including phenoxy) is 2. The first-order chi connectivity index (χ1) is 12.3. The summed E-state index contributed by atoms with van der Waals surface area (Å²) in [5.41, 5.74) is 0.513. The van der Waals surface area contributed by atoms with E-state index in [0.29, 0.717) is 32.2 Å². The van der Waals surface area contributed by atoms with Gasteiger partial charge in [0.2, 0.25) is 0 Å². The summed E-state index contributed by atoms with van der Waals surface area (Å²) in [5.74, 6) is 0.503. The molecule has 1 aromatic rings. The van der Waals surface area contributed by atoms with Crippen molar-refractivity contribution in [1.29, 1.82) is 0 Å². The average Bonchev–Trinajstić information content (AvgIpc) is 2.59. The largest absolute Gasteiger partial charge is 0.445 e. The number of nitrogens with zero attached hydrogens (tertiary/aromatic N) is 1. The monoisotopic (exact) mass is 362 g/mol. The van der Waals surface area contributed by atoms with Crippen molar-refractivity contribution in [2.45, 2.75) is 52.2 Å². The molecule has 1 aliphatic heterocycles. The van der Waals surface area contributed by atoms with Gasteiger partial charge in [-0.1, -0.05) is 30.3 Å². The molecule has 2 rings (SSSR count). The summed E-state index contributed by atoms with van der Waals surface area (Å²) in [6.45, 7) is 7.84. The highest BCUT2D eigenvalue weighted by Gasteiger charge is 2.24. The number of hydrogen-bond donors (Lipinski definition) is 1. The molecule has 0 radical (unpaired) electrons. The molecule has 1 saturated heterocycles. The number of alkyl carbamates (subject to hydrolysis) is 1. The highest BCUT2D eigenvalue weighted by Crippen LogP contribution is 2.21. The van der Waals surface area contributed by atoms with Crippen molar-refractivity contribution in [3.05, 3.63) is 35.9 Å². The van der Waals surface area contributed by atoms with E-state index in [0.717, 1.165) is 24.8 Å². The van der Waals surface area contributed by atoms with Gasteiger partial charge in [0.15, 0.2) is 0 Å². The first-order valence-corrected chi connectivity index (χ1v) is 9.26. The van der Waals surface area contributed by atoms with Gasteiger partial charge in [-0.3, -0.25) is 0 Å². The Labute approximate surface area is 155 Å². The zero-order valence-electron chi connectivity index (χ0n) is 16.0. The third kappa shape index (κ3) is 7.33. The maximum absolute atomic E-state index is 12.1. The molecule has 0 aromatic heterocycles. The zero-order chi connectivity index (χ0) is 19.0. The third-order valence-electron chi connectivity index (χ3n) is 4.30. The van der Waals surface area contributed by atoms with Crippen molar-refractivity contribution in [2.75, 3.05) is 19.6 Å². The van der Waals surface area contributed by atoms with Gasteiger partial charge in [-0.05, 0) is 51.5 Å². The second-order valence-corrected chi connectivity index (χ2v) is 7.69. The molecule has 26 heavy (non-hydrogen) atoms. The zero-order valence-corrected chi connectivity index (χ0v) is 16.0. The number of benzene rings is 1. The second-order valence-electron chi connectivity index (χ2n) is 7.69. The Balaban J connectivity index is 1.61. The fourth-order valence-corrected chi connectivity index (χ4v) is 2.91. The fourth-order valence-electron chi connectivity index (χ4n) is 2.91. The van der Waals surface area contributed by atoms with E-state index in [1.807, 2.05) is 51.1 Å². The van der Waals surface area contributed by atoms with Gasteiger partial charge in [0, 0.05) is 19.6 Å². The fraction of sp³-hybridized carbons (Fsp3) is 0.600. The molecule has 0 unspecified atom stereocenters. The molecule has 1 aromatic carbocycles. The van der Waals surface area contributed by atoms with Crippen LogP contribution in [0.2, 0.25) is 0 Å². The number of nitrogens with one attached hydrogen (secondary N) is 1. The Morgan fingerprint density at radius 3 is 2.42 bits per heavy atom. The lowest BCUT2D eigenvalue weighted by Crippen LogP contribution is -2.39. The molecule has 0 atom stereocenters. The van der Waals surface area contributed by atoms with Gasteiger partial charge in [-0.25, -0.2) is 9.59 Å². The van der Waals surface area contributed by atoms with E-state index >= 15 is 0 Å². The molecule has 1 N–H and O–H groups in total. The predicted molar refractivity (Wildman–Crippen MR) is 99.8 cm³/mol. The van der Waals surface area contributed by atoms with Gasteiger partial charge >= 0.3 is 12.2 Å². The summed E-state index contributed by atoms with van der Waals surface area (Å²) in [7, 11) is 0. The molecule has 1 fully saturated rings. The molecule has 6 heteroatoms. The van der Waals surface area contributed by atoms with Crippen molar-refractivity contribution in [3.63, 3.8) is 0 Å². The van der Waals surface area contributed by atoms with Crippen molar-refractivity contribution in [3.8, 4) is 0 Å². The van der Waals surface area contributed by atoms with Crippen LogP contribution in [0, 0.1) is 5.92 Å². The molecule has 0 saturated carbocycles. The number of carbonyl (C=O) groups excluding carboxylic acids is 2. The quantitative estimate of drug-likeness (QED) is 0.861. The lowest BCUT2D eigenvalue weighted by Gasteiger charge is -2.31. The Morgan fingerprint density at radius 2 is 1.81 bits per heavy atom. The Bertz CT molecular complexity index is 575. The summed E-state index contributed by atoms with van der Waals surface area (Å²) in [4.78, 5) is 25.5. The van der Waals surface area contributed by atoms with Crippen molar-refractivity contribution in [1.82, 2.24) is 10.2 Å². The van der Waals surface area contributed by atoms with Gasteiger partial charge < -0.3 is 19.7 Å². The van der Waals surface area contributed by atoms with Crippen LogP contribution in [-0.2, 0) is 16.1 Å². The maximum atomic E-state index is 12.1. The van der Waals surface area contributed by atoms with Gasteiger partial charge in [-0.15, -0.1) is 0 Å². The molecular weight excluding hydrogens is 332 g/mol. The van der Waals surface area contributed by atoms with Crippen LogP contribution in [0.1, 0.15) is 45.6 Å². The van der Waals surface area contributed by atoms with Crippen LogP contribution in [0.25, 0.3) is 0 Å². The molecule has 1 aliphatic rings. The minimum Gasteiger partial charge on any atom is -0.445 e. The van der Waals surface area contributed by atoms with E-state index in [1.165, 1.54) is 0 Å². The first kappa shape index (κ1) is 20.1. The minimum atomic E-state index is -0.477. The van der Waals surface area contributed by atoms with E-state index in [9.17, 15) is 9.59 Å². The molecule has 0 bridgehead atoms. The van der Waals surface area contributed by atoms with E-state index < -0.39 is 5.60 Å². The number of carbonyl (C=O) groups is 2. The van der Waals surface area contributed by atoms with E-state index in [2.05, 4.69) is 5.32 Å². The van der Waals surface area contributed by atoms with E-state index in [4.69, 9.17) is 9.47 Å². The smallest absolute Gasteiger partial charge is 0.410 e. The molecule has 144 valence electrons. The molecular formula is C20H30N2O4. The van der Waals surface area contributed by atoms with Gasteiger partial charge in [0.05, 0.1) is 0 Å². The van der Waals surface area contributed by atoms with Gasteiger partial charge in [-0.2, -0.15) is 0 Å². The third-order valence-corrected chi connectivity index (χ3v) is 4.30. The van der Waals surface area contributed by atoms with E-state index in [1.54, 1.807) is 4.90 Å². The summed E-state index contributed by atoms with van der Waals surface area (Å²) >= 11 is 0. The van der Waals surface area contributed by atoms with Crippen LogP contribution in [0.5, 0.6) is 0 Å². The number of piperidine rings is 1. The van der Waals surface area contributed by atoms with Gasteiger partial charge in [0.25, 0.3) is 0 Å². The topological polar surface area (TPSA) is 67.9 Å². The predicted octanol–water partition coefficient (Wildman–Crippen LogP) is 3.95. The molecule has 0 spiro atoms. The highest BCUT2D eigenvalue weighted by atomic mass is 16.6. The average molecular weight is 362 g/mol. The lowest BCUT2D eigenvalue weighted by atomic mass is 9.94. The van der Waals surface area contributed by atoms with Crippen molar-refractivity contribution >= 4 is 12.2 Å². The SMILES string of the molecule is CC(C)(C)OC(=O)NCCC1CCN(C(=O)OCc2ccccc2)CC1. The number of hydrogen-bond acceptors (Lipinski definition) is 4. The van der Waals surface area contributed by atoms with Crippen LogP contribution in [0.4, 0.5) is 9.59 Å². The summed E-state index contributed by atoms with van der Waals surface area (Å²) in [5, 5.41) is 2.79. The summed E-state index contributed by atoms with van der Waals surface area (Å²) < 4.78 is 10.6. The molecule has 2 amide bonds. The molecule has 6 nitrogen and oxygen atoms in total. The van der Waals surface area contributed by atoms with Crippen LogP contribution in [-0.4, -0.2) is 42.3 Å². The molecule has 1 heterocycles. The summed E-state index contributed by atoms with van der Waals surface area (Å²) in [6, 6.07) is 9.68. The van der Waals surface area contributed by atoms with Crippen LogP contribution >= 0.6 is 0 Å². The minimum absolute atomic E-state index is 0.251. The molecule has 0 aliphatic carbocycles. The number of rotatable bonds is 5. The Morgan fingerprint density at radius 1 is 1.15 bits per heavy atom. The number of likely N-dealkylation sites (tertiary alicyclic amines) is 1. The van der Waals surface area contributed by atoms with Gasteiger partial charge in [0.1, 0.15) is 12.2 Å². The normalized spacial score (nSPS) is 15.4. The van der Waals surface area contributed by atoms with Crippen LogP contribution in [0.15, 0.2) is 30.3 Å². The van der Waals surface area contributed by atoms with Crippen LogP contribution < -0.4 is 5.32 Å². The van der Waals surface area contributed by atoms with Crippen LogP contribution in [0.3, 0.4) is 0 Å². The Kier molecular flexibility index (Phi) is 7.30. The van der Waals surface area contributed by atoms with Crippen molar-refractivity contribution < 1.29 is 19.1 Å². The number of amides is 2. The first-order valence-electron chi connectivity index (χ1n) is 9.26. The maximum Gasteiger partial charge on any atom is 0.410 e. The van der Waals surface area contributed by atoms with Crippen molar-refractivity contribution in [2.24, 2.45) is 5.92 Å². The second kappa shape index (κ2) is 9.46. The lowest BCUT2D eigenvalue weighted by molar-refractivity contribution is 0.0522. The standard InChI is InChI=1S/C20H30N2O4/c1-20(2,3)26-18(23)21-12-9-16-10-13-22(14-11-16)19(24)25-15-17-7-5-4-6-8-17/h4-8,16H,9-15H2,1-3H3,(H,21,23). The summed E-state index contributed by atoms with van der Waals surface area (Å²) in [6.07, 6.45) is 2.12.